The minimum Gasteiger partial charge on any atom is -0.326 e. The number of hydrazone groups is 1. The minimum atomic E-state index is -0.162. The highest BCUT2D eigenvalue weighted by atomic mass is 16.2. The van der Waals surface area contributed by atoms with E-state index in [1.807, 2.05) is 49.4 Å². The van der Waals surface area contributed by atoms with Crippen LogP contribution in [0.3, 0.4) is 0 Å². The van der Waals surface area contributed by atoms with E-state index in [4.69, 9.17) is 0 Å². The van der Waals surface area contributed by atoms with Gasteiger partial charge in [0.05, 0.1) is 12.1 Å². The maximum absolute atomic E-state index is 11.9. The van der Waals surface area contributed by atoms with Gasteiger partial charge < -0.3 is 5.32 Å². The van der Waals surface area contributed by atoms with Crippen LogP contribution in [0.25, 0.3) is 0 Å². The number of nitrogens with zero attached hydrogens (tertiary/aromatic N) is 1. The monoisotopic (exact) mass is 309 g/mol. The molecule has 0 atom stereocenters. The summed E-state index contributed by atoms with van der Waals surface area (Å²) in [6.45, 7) is 3.28. The normalized spacial score (nSPS) is 11.0. The summed E-state index contributed by atoms with van der Waals surface area (Å²) in [6, 6.07) is 16.8. The molecule has 2 aromatic carbocycles. The molecule has 2 amide bonds. The van der Waals surface area contributed by atoms with Crippen LogP contribution in [0.1, 0.15) is 25.0 Å². The summed E-state index contributed by atoms with van der Waals surface area (Å²) in [5, 5.41) is 6.81. The zero-order valence-electron chi connectivity index (χ0n) is 13.2. The van der Waals surface area contributed by atoms with Crippen LogP contribution < -0.4 is 10.7 Å². The van der Waals surface area contributed by atoms with E-state index in [-0.39, 0.29) is 11.8 Å². The molecule has 2 N–H and O–H groups in total. The lowest BCUT2D eigenvalue weighted by atomic mass is 10.1. The second kappa shape index (κ2) is 7.89. The molecule has 5 nitrogen and oxygen atoms in total. The largest absolute Gasteiger partial charge is 0.326 e. The minimum absolute atomic E-state index is 0.115. The third-order valence-corrected chi connectivity index (χ3v) is 3.18. The van der Waals surface area contributed by atoms with E-state index in [0.29, 0.717) is 12.1 Å². The molecule has 23 heavy (non-hydrogen) atoms. The van der Waals surface area contributed by atoms with Crippen molar-refractivity contribution < 1.29 is 9.59 Å². The molecular formula is C18H19N3O2. The summed E-state index contributed by atoms with van der Waals surface area (Å²) < 4.78 is 0. The van der Waals surface area contributed by atoms with Crippen LogP contribution in [0.4, 0.5) is 5.69 Å². The topological polar surface area (TPSA) is 70.6 Å². The summed E-state index contributed by atoms with van der Waals surface area (Å²) in [6.07, 6.45) is 0.291. The highest BCUT2D eigenvalue weighted by Gasteiger charge is 2.03. The molecule has 118 valence electrons. The molecular weight excluding hydrogens is 290 g/mol. The molecule has 0 saturated carbocycles. The van der Waals surface area contributed by atoms with Crippen molar-refractivity contribution in [3.8, 4) is 0 Å². The lowest BCUT2D eigenvalue weighted by Crippen LogP contribution is -2.21. The van der Waals surface area contributed by atoms with Crippen LogP contribution in [0.2, 0.25) is 0 Å². The quantitative estimate of drug-likeness (QED) is 0.658. The van der Waals surface area contributed by atoms with Crippen LogP contribution in [0.15, 0.2) is 59.7 Å². The summed E-state index contributed by atoms with van der Waals surface area (Å²) in [7, 11) is 0. The van der Waals surface area contributed by atoms with Gasteiger partial charge in [0.25, 0.3) is 0 Å². The summed E-state index contributed by atoms with van der Waals surface area (Å²) >= 11 is 0. The zero-order chi connectivity index (χ0) is 16.7. The van der Waals surface area contributed by atoms with Crippen LogP contribution in [0, 0.1) is 0 Å². The smallest absolute Gasteiger partial charge is 0.244 e. The van der Waals surface area contributed by atoms with Crippen molar-refractivity contribution in [2.45, 2.75) is 20.3 Å². The van der Waals surface area contributed by atoms with Crippen LogP contribution in [-0.4, -0.2) is 17.5 Å². The van der Waals surface area contributed by atoms with E-state index in [2.05, 4.69) is 15.8 Å². The fraction of sp³-hybridized carbons (Fsp3) is 0.167. The van der Waals surface area contributed by atoms with E-state index in [9.17, 15) is 9.59 Å². The Balaban J connectivity index is 1.94. The first kappa shape index (κ1) is 16.4. The first-order valence-electron chi connectivity index (χ1n) is 7.29. The lowest BCUT2D eigenvalue weighted by Gasteiger charge is -2.05. The SMILES string of the molecule is CC(=O)Nc1ccc(/C(C)=N\NC(=O)Cc2ccccc2)cc1. The van der Waals surface area contributed by atoms with Gasteiger partial charge in [0.2, 0.25) is 11.8 Å². The Morgan fingerprint density at radius 1 is 0.957 bits per heavy atom. The number of amides is 2. The van der Waals surface area contributed by atoms with Gasteiger partial charge in [-0.25, -0.2) is 5.43 Å². The Labute approximate surface area is 135 Å². The highest BCUT2D eigenvalue weighted by molar-refractivity contribution is 6.00. The number of rotatable bonds is 5. The Morgan fingerprint density at radius 2 is 1.61 bits per heavy atom. The van der Waals surface area contributed by atoms with Crippen molar-refractivity contribution in [3.05, 3.63) is 65.7 Å². The number of carbonyl (C=O) groups excluding carboxylic acids is 2. The van der Waals surface area contributed by atoms with E-state index in [0.717, 1.165) is 16.8 Å². The van der Waals surface area contributed by atoms with Gasteiger partial charge in [-0.05, 0) is 30.2 Å². The number of anilines is 1. The maximum atomic E-state index is 11.9. The molecule has 0 aliphatic heterocycles. The van der Waals surface area contributed by atoms with Crippen molar-refractivity contribution in [1.29, 1.82) is 0 Å². The summed E-state index contributed by atoms with van der Waals surface area (Å²) in [4.78, 5) is 22.8. The third-order valence-electron chi connectivity index (χ3n) is 3.18. The lowest BCUT2D eigenvalue weighted by molar-refractivity contribution is -0.120. The first-order chi connectivity index (χ1) is 11.0. The van der Waals surface area contributed by atoms with Crippen LogP contribution in [-0.2, 0) is 16.0 Å². The second-order valence-corrected chi connectivity index (χ2v) is 5.15. The van der Waals surface area contributed by atoms with E-state index >= 15 is 0 Å². The molecule has 0 heterocycles. The van der Waals surface area contributed by atoms with Crippen molar-refractivity contribution in [1.82, 2.24) is 5.43 Å². The van der Waals surface area contributed by atoms with Crippen LogP contribution in [0.5, 0.6) is 0 Å². The summed E-state index contributed by atoms with van der Waals surface area (Å²) in [5.74, 6) is -0.276. The number of nitrogens with one attached hydrogen (secondary N) is 2. The fourth-order valence-corrected chi connectivity index (χ4v) is 2.03. The summed E-state index contributed by atoms with van der Waals surface area (Å²) in [5.41, 5.74) is 5.79. The highest BCUT2D eigenvalue weighted by Crippen LogP contribution is 2.10. The van der Waals surface area contributed by atoms with Crippen molar-refractivity contribution >= 4 is 23.2 Å². The molecule has 2 rings (SSSR count). The van der Waals surface area contributed by atoms with Gasteiger partial charge >= 0.3 is 0 Å². The Bertz CT molecular complexity index is 707. The van der Waals surface area contributed by atoms with Gasteiger partial charge in [0, 0.05) is 12.6 Å². The molecule has 0 radical (unpaired) electrons. The zero-order valence-corrected chi connectivity index (χ0v) is 13.2. The maximum Gasteiger partial charge on any atom is 0.244 e. The molecule has 0 unspecified atom stereocenters. The van der Waals surface area contributed by atoms with Gasteiger partial charge in [-0.3, -0.25) is 9.59 Å². The van der Waals surface area contributed by atoms with Gasteiger partial charge in [-0.1, -0.05) is 42.5 Å². The Kier molecular flexibility index (Phi) is 5.63. The Morgan fingerprint density at radius 3 is 2.22 bits per heavy atom. The predicted molar refractivity (Wildman–Crippen MR) is 91.2 cm³/mol. The van der Waals surface area contributed by atoms with Gasteiger partial charge in [0.15, 0.2) is 0 Å². The van der Waals surface area contributed by atoms with Gasteiger partial charge in [-0.2, -0.15) is 5.10 Å². The second-order valence-electron chi connectivity index (χ2n) is 5.15. The number of hydrogen-bond donors (Lipinski definition) is 2. The molecule has 0 fully saturated rings. The number of benzene rings is 2. The molecule has 5 heteroatoms. The standard InChI is InChI=1S/C18H19N3O2/c1-13(16-8-10-17(11-9-16)19-14(2)22)20-21-18(23)12-15-6-4-3-5-7-15/h3-11H,12H2,1-2H3,(H,19,22)(H,21,23)/b20-13-. The molecule has 0 bridgehead atoms. The van der Waals surface area contributed by atoms with Crippen LogP contribution >= 0.6 is 0 Å². The van der Waals surface area contributed by atoms with E-state index in [1.165, 1.54) is 6.92 Å². The predicted octanol–water partition coefficient (Wildman–Crippen LogP) is 2.73. The van der Waals surface area contributed by atoms with Gasteiger partial charge in [0.1, 0.15) is 0 Å². The van der Waals surface area contributed by atoms with Gasteiger partial charge in [-0.15, -0.1) is 0 Å². The molecule has 0 aromatic heterocycles. The van der Waals surface area contributed by atoms with E-state index in [1.54, 1.807) is 12.1 Å². The number of hydrogen-bond acceptors (Lipinski definition) is 3. The molecule has 0 spiro atoms. The Hall–Kier alpha value is -2.95. The molecule has 0 aliphatic rings. The van der Waals surface area contributed by atoms with Crippen molar-refractivity contribution in [2.75, 3.05) is 5.32 Å². The average molecular weight is 309 g/mol. The van der Waals surface area contributed by atoms with Crippen molar-refractivity contribution in [3.63, 3.8) is 0 Å². The average Bonchev–Trinajstić information content (AvgIpc) is 2.54. The number of carbonyl (C=O) groups is 2. The molecule has 0 aliphatic carbocycles. The molecule has 0 saturated heterocycles. The fourth-order valence-electron chi connectivity index (χ4n) is 2.03. The third kappa shape index (κ3) is 5.39. The van der Waals surface area contributed by atoms with Crippen molar-refractivity contribution in [2.24, 2.45) is 5.10 Å². The molecule has 2 aromatic rings. The van der Waals surface area contributed by atoms with E-state index < -0.39 is 0 Å². The first-order valence-corrected chi connectivity index (χ1v) is 7.29.